The van der Waals surface area contributed by atoms with Crippen molar-refractivity contribution in [2.75, 3.05) is 6.54 Å². The molecule has 0 heterocycles. The van der Waals surface area contributed by atoms with Crippen LogP contribution in [0, 0.1) is 0 Å². The first-order chi connectivity index (χ1) is 9.02. The number of rotatable bonds is 7. The second kappa shape index (κ2) is 8.17. The number of nitrogens with one attached hydrogen (secondary N) is 1. The molecular formula is C13H15BrClNO3. The summed E-state index contributed by atoms with van der Waals surface area (Å²) in [6.45, 7) is 0.515. The van der Waals surface area contributed by atoms with E-state index in [-0.39, 0.29) is 12.3 Å². The Kier molecular flexibility index (Phi) is 6.87. The van der Waals surface area contributed by atoms with E-state index in [0.717, 1.165) is 12.8 Å². The van der Waals surface area contributed by atoms with Crippen LogP contribution in [0.1, 0.15) is 36.0 Å². The van der Waals surface area contributed by atoms with E-state index in [0.29, 0.717) is 28.0 Å². The van der Waals surface area contributed by atoms with Gasteiger partial charge in [0.2, 0.25) is 0 Å². The molecule has 0 saturated heterocycles. The van der Waals surface area contributed by atoms with Crippen LogP contribution in [0.15, 0.2) is 22.7 Å². The second-order valence-corrected chi connectivity index (χ2v) is 5.29. The zero-order valence-corrected chi connectivity index (χ0v) is 12.6. The van der Waals surface area contributed by atoms with Gasteiger partial charge in [-0.15, -0.1) is 0 Å². The van der Waals surface area contributed by atoms with E-state index >= 15 is 0 Å². The lowest BCUT2D eigenvalue weighted by atomic mass is 10.2. The fourth-order valence-electron chi connectivity index (χ4n) is 1.55. The predicted molar refractivity (Wildman–Crippen MR) is 77.6 cm³/mol. The van der Waals surface area contributed by atoms with Gasteiger partial charge in [-0.2, -0.15) is 0 Å². The van der Waals surface area contributed by atoms with Crippen LogP contribution in [0.5, 0.6) is 0 Å². The molecule has 6 heteroatoms. The Hall–Kier alpha value is -1.07. The van der Waals surface area contributed by atoms with Crippen molar-refractivity contribution in [1.29, 1.82) is 0 Å². The molecule has 0 atom stereocenters. The lowest BCUT2D eigenvalue weighted by Gasteiger charge is -2.07. The molecule has 0 radical (unpaired) electrons. The number of carboxylic acid groups (broad SMARTS) is 1. The highest BCUT2D eigenvalue weighted by molar-refractivity contribution is 9.10. The third kappa shape index (κ3) is 5.61. The number of aliphatic carboxylic acids is 1. The van der Waals surface area contributed by atoms with Crippen molar-refractivity contribution < 1.29 is 14.7 Å². The van der Waals surface area contributed by atoms with E-state index in [2.05, 4.69) is 21.2 Å². The zero-order valence-electron chi connectivity index (χ0n) is 10.3. The summed E-state index contributed by atoms with van der Waals surface area (Å²) in [5, 5.41) is 11.6. The molecule has 0 unspecified atom stereocenters. The van der Waals surface area contributed by atoms with Crippen molar-refractivity contribution in [2.45, 2.75) is 25.7 Å². The molecule has 0 spiro atoms. The quantitative estimate of drug-likeness (QED) is 0.741. The number of hydrogen-bond donors (Lipinski definition) is 2. The third-order valence-electron chi connectivity index (χ3n) is 2.55. The molecular weight excluding hydrogens is 334 g/mol. The zero-order chi connectivity index (χ0) is 14.3. The smallest absolute Gasteiger partial charge is 0.303 e. The first-order valence-electron chi connectivity index (χ1n) is 5.96. The van der Waals surface area contributed by atoms with E-state index in [1.807, 2.05) is 0 Å². The van der Waals surface area contributed by atoms with E-state index in [1.54, 1.807) is 18.2 Å². The van der Waals surface area contributed by atoms with Gasteiger partial charge in [0.25, 0.3) is 5.91 Å². The summed E-state index contributed by atoms with van der Waals surface area (Å²) in [7, 11) is 0. The number of carboxylic acids is 1. The molecule has 1 aromatic carbocycles. The SMILES string of the molecule is O=C(O)CCCCCNC(=O)c1cccc(Br)c1Cl. The molecule has 0 aliphatic carbocycles. The number of hydrogen-bond acceptors (Lipinski definition) is 2. The summed E-state index contributed by atoms with van der Waals surface area (Å²) >= 11 is 9.28. The number of halogens is 2. The van der Waals surface area contributed by atoms with Gasteiger partial charge in [-0.1, -0.05) is 24.1 Å². The lowest BCUT2D eigenvalue weighted by molar-refractivity contribution is -0.137. The molecule has 0 aliphatic heterocycles. The van der Waals surface area contributed by atoms with Crippen molar-refractivity contribution in [3.63, 3.8) is 0 Å². The van der Waals surface area contributed by atoms with Gasteiger partial charge in [0.05, 0.1) is 10.6 Å². The Bertz CT molecular complexity index is 465. The maximum Gasteiger partial charge on any atom is 0.303 e. The maximum absolute atomic E-state index is 11.8. The van der Waals surface area contributed by atoms with Crippen LogP contribution in [-0.4, -0.2) is 23.5 Å². The second-order valence-electron chi connectivity index (χ2n) is 4.06. The topological polar surface area (TPSA) is 66.4 Å². The van der Waals surface area contributed by atoms with Gasteiger partial charge in [0.15, 0.2) is 0 Å². The highest BCUT2D eigenvalue weighted by Crippen LogP contribution is 2.25. The highest BCUT2D eigenvalue weighted by Gasteiger charge is 2.11. The molecule has 2 N–H and O–H groups in total. The normalized spacial score (nSPS) is 10.2. The molecule has 0 fully saturated rings. The predicted octanol–water partition coefficient (Wildman–Crippen LogP) is 3.48. The summed E-state index contributed by atoms with van der Waals surface area (Å²) in [4.78, 5) is 22.2. The number of carbonyl (C=O) groups excluding carboxylic acids is 1. The van der Waals surface area contributed by atoms with Crippen molar-refractivity contribution in [3.05, 3.63) is 33.3 Å². The molecule has 19 heavy (non-hydrogen) atoms. The molecule has 1 rings (SSSR count). The summed E-state index contributed by atoms with van der Waals surface area (Å²) in [5.41, 5.74) is 0.432. The van der Waals surface area contributed by atoms with E-state index in [1.165, 1.54) is 0 Å². The molecule has 1 amide bonds. The first-order valence-corrected chi connectivity index (χ1v) is 7.13. The van der Waals surface area contributed by atoms with Gasteiger partial charge in [-0.05, 0) is 40.9 Å². The molecule has 0 aliphatic rings. The van der Waals surface area contributed by atoms with Gasteiger partial charge in [-0.25, -0.2) is 0 Å². The lowest BCUT2D eigenvalue weighted by Crippen LogP contribution is -2.24. The first kappa shape index (κ1) is 16.0. The van der Waals surface area contributed by atoms with Crippen LogP contribution in [0.4, 0.5) is 0 Å². The number of amides is 1. The largest absolute Gasteiger partial charge is 0.481 e. The van der Waals surface area contributed by atoms with Gasteiger partial charge in [0.1, 0.15) is 0 Å². The fraction of sp³-hybridized carbons (Fsp3) is 0.385. The number of unbranched alkanes of at least 4 members (excludes halogenated alkanes) is 2. The molecule has 0 aromatic heterocycles. The molecule has 0 bridgehead atoms. The third-order valence-corrected chi connectivity index (χ3v) is 3.85. The number of carbonyl (C=O) groups is 2. The average molecular weight is 349 g/mol. The Balaban J connectivity index is 2.32. The van der Waals surface area contributed by atoms with Crippen molar-refractivity contribution in [3.8, 4) is 0 Å². The summed E-state index contributed by atoms with van der Waals surface area (Å²) < 4.78 is 0.684. The molecule has 1 aromatic rings. The fourth-order valence-corrected chi connectivity index (χ4v) is 2.13. The van der Waals surface area contributed by atoms with Gasteiger partial charge >= 0.3 is 5.97 Å². The van der Waals surface area contributed by atoms with Crippen LogP contribution < -0.4 is 5.32 Å². The maximum atomic E-state index is 11.8. The average Bonchev–Trinajstić information content (AvgIpc) is 2.36. The van der Waals surface area contributed by atoms with Gasteiger partial charge in [-0.3, -0.25) is 9.59 Å². The molecule has 4 nitrogen and oxygen atoms in total. The highest BCUT2D eigenvalue weighted by atomic mass is 79.9. The summed E-state index contributed by atoms with van der Waals surface area (Å²) in [5.74, 6) is -1.01. The van der Waals surface area contributed by atoms with Crippen LogP contribution in [0.3, 0.4) is 0 Å². The Morgan fingerprint density at radius 1 is 1.26 bits per heavy atom. The monoisotopic (exact) mass is 347 g/mol. The van der Waals surface area contributed by atoms with Crippen molar-refractivity contribution >= 4 is 39.4 Å². The molecule has 104 valence electrons. The van der Waals surface area contributed by atoms with E-state index < -0.39 is 5.97 Å². The van der Waals surface area contributed by atoms with Crippen molar-refractivity contribution in [2.24, 2.45) is 0 Å². The van der Waals surface area contributed by atoms with Crippen LogP contribution in [0.25, 0.3) is 0 Å². The van der Waals surface area contributed by atoms with Crippen molar-refractivity contribution in [1.82, 2.24) is 5.32 Å². The van der Waals surface area contributed by atoms with Gasteiger partial charge < -0.3 is 10.4 Å². The summed E-state index contributed by atoms with van der Waals surface area (Å²) in [6.07, 6.45) is 2.33. The van der Waals surface area contributed by atoms with Crippen LogP contribution in [0.2, 0.25) is 5.02 Å². The van der Waals surface area contributed by atoms with Crippen LogP contribution in [-0.2, 0) is 4.79 Å². The minimum Gasteiger partial charge on any atom is -0.481 e. The van der Waals surface area contributed by atoms with Crippen LogP contribution >= 0.6 is 27.5 Å². The Morgan fingerprint density at radius 2 is 2.00 bits per heavy atom. The standard InChI is InChI=1S/C13H15BrClNO3/c14-10-6-4-5-9(12(10)15)13(19)16-8-3-1-2-7-11(17)18/h4-6H,1-3,7-8H2,(H,16,19)(H,17,18). The van der Waals surface area contributed by atoms with E-state index in [4.69, 9.17) is 16.7 Å². The Morgan fingerprint density at radius 3 is 2.68 bits per heavy atom. The summed E-state index contributed by atoms with van der Waals surface area (Å²) in [6, 6.07) is 5.18. The number of benzene rings is 1. The van der Waals surface area contributed by atoms with E-state index in [9.17, 15) is 9.59 Å². The Labute approximate surface area is 125 Å². The minimum atomic E-state index is -0.787. The minimum absolute atomic E-state index is 0.172. The molecule has 0 saturated carbocycles. The van der Waals surface area contributed by atoms with Gasteiger partial charge in [0, 0.05) is 17.4 Å².